The number of carbonyl (C=O) groups excluding carboxylic acids is 3. The van der Waals surface area contributed by atoms with Crippen LogP contribution in [0.5, 0.6) is 0 Å². The molecule has 3 heterocycles. The molecule has 190 valence electrons. The number of hydrogen-bond donors (Lipinski definition) is 1. The van der Waals surface area contributed by atoms with Crippen LogP contribution in [0.3, 0.4) is 0 Å². The van der Waals surface area contributed by atoms with Crippen molar-refractivity contribution in [2.24, 2.45) is 5.92 Å². The van der Waals surface area contributed by atoms with E-state index in [1.54, 1.807) is 15.9 Å². The quantitative estimate of drug-likeness (QED) is 0.604. The average molecular weight is 489 g/mol. The highest BCUT2D eigenvalue weighted by atomic mass is 16.2. The SMILES string of the molecule is CC1CCCN(CCCNC(=O)c2cccc(CN3C(=O)C4CCCN4C(=O)c4ccccc43)c2)C1. The van der Waals surface area contributed by atoms with E-state index in [9.17, 15) is 14.4 Å². The second-order valence-corrected chi connectivity index (χ2v) is 10.5. The number of piperidine rings is 1. The van der Waals surface area contributed by atoms with E-state index in [1.165, 1.54) is 12.8 Å². The van der Waals surface area contributed by atoms with Crippen molar-refractivity contribution in [3.8, 4) is 0 Å². The molecule has 7 nitrogen and oxygen atoms in total. The van der Waals surface area contributed by atoms with Crippen molar-refractivity contribution in [1.29, 1.82) is 0 Å². The van der Waals surface area contributed by atoms with Crippen molar-refractivity contribution in [3.05, 3.63) is 65.2 Å². The molecule has 3 amide bonds. The third-order valence-corrected chi connectivity index (χ3v) is 7.70. The van der Waals surface area contributed by atoms with Crippen molar-refractivity contribution < 1.29 is 14.4 Å². The van der Waals surface area contributed by atoms with Crippen LogP contribution in [-0.4, -0.2) is 66.3 Å². The molecule has 36 heavy (non-hydrogen) atoms. The van der Waals surface area contributed by atoms with Gasteiger partial charge in [0.25, 0.3) is 11.8 Å². The van der Waals surface area contributed by atoms with Crippen LogP contribution in [0.2, 0.25) is 0 Å². The fourth-order valence-corrected chi connectivity index (χ4v) is 5.86. The van der Waals surface area contributed by atoms with Crippen LogP contribution < -0.4 is 10.2 Å². The predicted octanol–water partition coefficient (Wildman–Crippen LogP) is 3.69. The number of carbonyl (C=O) groups is 3. The third kappa shape index (κ3) is 5.16. The van der Waals surface area contributed by atoms with Crippen molar-refractivity contribution in [3.63, 3.8) is 0 Å². The van der Waals surface area contributed by atoms with Crippen LogP contribution in [0.1, 0.15) is 65.3 Å². The summed E-state index contributed by atoms with van der Waals surface area (Å²) in [7, 11) is 0. The first-order valence-electron chi connectivity index (χ1n) is 13.3. The lowest BCUT2D eigenvalue weighted by Gasteiger charge is -2.30. The fourth-order valence-electron chi connectivity index (χ4n) is 5.86. The Hall–Kier alpha value is -3.19. The van der Waals surface area contributed by atoms with E-state index < -0.39 is 6.04 Å². The highest BCUT2D eigenvalue weighted by molar-refractivity contribution is 6.11. The minimum Gasteiger partial charge on any atom is -0.352 e. The zero-order valence-electron chi connectivity index (χ0n) is 21.1. The average Bonchev–Trinajstić information content (AvgIpc) is 3.37. The second-order valence-electron chi connectivity index (χ2n) is 10.5. The van der Waals surface area contributed by atoms with Crippen LogP contribution >= 0.6 is 0 Å². The summed E-state index contributed by atoms with van der Waals surface area (Å²) >= 11 is 0. The van der Waals surface area contributed by atoms with E-state index in [4.69, 9.17) is 0 Å². The number of nitrogens with zero attached hydrogens (tertiary/aromatic N) is 3. The summed E-state index contributed by atoms with van der Waals surface area (Å²) in [6, 6.07) is 14.4. The smallest absolute Gasteiger partial charge is 0.256 e. The van der Waals surface area contributed by atoms with Gasteiger partial charge in [0.05, 0.1) is 17.8 Å². The van der Waals surface area contributed by atoms with Gasteiger partial charge in [-0.2, -0.15) is 0 Å². The minimum atomic E-state index is -0.417. The largest absolute Gasteiger partial charge is 0.352 e. The lowest BCUT2D eigenvalue weighted by molar-refractivity contribution is -0.122. The number of rotatable bonds is 7. The van der Waals surface area contributed by atoms with Crippen LogP contribution in [0.25, 0.3) is 0 Å². The maximum absolute atomic E-state index is 13.5. The molecule has 2 aromatic carbocycles. The zero-order chi connectivity index (χ0) is 25.1. The number of para-hydroxylation sites is 1. The maximum Gasteiger partial charge on any atom is 0.256 e. The molecule has 3 aliphatic heterocycles. The molecule has 5 rings (SSSR count). The molecule has 2 saturated heterocycles. The van der Waals surface area contributed by atoms with Gasteiger partial charge in [0.15, 0.2) is 0 Å². The molecular weight excluding hydrogens is 452 g/mol. The summed E-state index contributed by atoms with van der Waals surface area (Å²) in [6.45, 7) is 7.21. The summed E-state index contributed by atoms with van der Waals surface area (Å²) < 4.78 is 0. The monoisotopic (exact) mass is 488 g/mol. The van der Waals surface area contributed by atoms with Crippen molar-refractivity contribution in [2.75, 3.05) is 37.6 Å². The first-order chi connectivity index (χ1) is 17.5. The lowest BCUT2D eigenvalue weighted by atomic mass is 10.0. The lowest BCUT2D eigenvalue weighted by Crippen LogP contribution is -2.44. The molecular formula is C29H36N4O3. The molecule has 0 spiro atoms. The molecule has 0 aliphatic carbocycles. The molecule has 2 fully saturated rings. The van der Waals surface area contributed by atoms with Crippen molar-refractivity contribution in [2.45, 2.75) is 51.6 Å². The van der Waals surface area contributed by atoms with E-state index in [0.29, 0.717) is 42.9 Å². The molecule has 0 radical (unpaired) electrons. The van der Waals surface area contributed by atoms with Gasteiger partial charge < -0.3 is 20.0 Å². The topological polar surface area (TPSA) is 73.0 Å². The summed E-state index contributed by atoms with van der Waals surface area (Å²) in [5, 5.41) is 3.05. The van der Waals surface area contributed by atoms with E-state index in [0.717, 1.165) is 44.0 Å². The van der Waals surface area contributed by atoms with Gasteiger partial charge in [-0.25, -0.2) is 0 Å². The summed E-state index contributed by atoms with van der Waals surface area (Å²) in [4.78, 5) is 45.5. The second kappa shape index (κ2) is 10.8. The maximum atomic E-state index is 13.5. The number of hydrogen-bond acceptors (Lipinski definition) is 4. The Morgan fingerprint density at radius 2 is 1.86 bits per heavy atom. The van der Waals surface area contributed by atoms with Crippen LogP contribution in [0.15, 0.2) is 48.5 Å². The number of fused-ring (bicyclic) bond motifs is 2. The van der Waals surface area contributed by atoms with Gasteiger partial charge in [0.1, 0.15) is 6.04 Å². The first kappa shape index (κ1) is 24.5. The fraction of sp³-hybridized carbons (Fsp3) is 0.483. The Balaban J connectivity index is 1.25. The summed E-state index contributed by atoms with van der Waals surface area (Å²) in [5.41, 5.74) is 2.66. The van der Waals surface area contributed by atoms with Gasteiger partial charge >= 0.3 is 0 Å². The third-order valence-electron chi connectivity index (χ3n) is 7.70. The number of benzene rings is 2. The van der Waals surface area contributed by atoms with Gasteiger partial charge in [0, 0.05) is 25.2 Å². The predicted molar refractivity (Wildman–Crippen MR) is 140 cm³/mol. The Morgan fingerprint density at radius 3 is 2.72 bits per heavy atom. The zero-order valence-corrected chi connectivity index (χ0v) is 21.1. The molecule has 2 unspecified atom stereocenters. The van der Waals surface area contributed by atoms with Gasteiger partial charge in [-0.15, -0.1) is 0 Å². The van der Waals surface area contributed by atoms with Crippen molar-refractivity contribution in [1.82, 2.24) is 15.1 Å². The minimum absolute atomic E-state index is 0.0484. The standard InChI is InChI=1S/C29H36N4O3/c1-21-8-5-15-31(19-21)16-7-14-30-27(34)23-10-4-9-22(18-23)20-33-25-12-3-2-11-24(25)28(35)32-17-6-13-26(32)29(33)36/h2-4,9-12,18,21,26H,5-8,13-17,19-20H2,1H3,(H,30,34). The molecule has 2 atom stereocenters. The van der Waals surface area contributed by atoms with Gasteiger partial charge in [-0.1, -0.05) is 31.2 Å². The normalized spacial score (nSPS) is 22.2. The van der Waals surface area contributed by atoms with Gasteiger partial charge in [0.2, 0.25) is 5.91 Å². The van der Waals surface area contributed by atoms with E-state index in [2.05, 4.69) is 17.1 Å². The Kier molecular flexibility index (Phi) is 7.37. The Morgan fingerprint density at radius 1 is 1.03 bits per heavy atom. The highest BCUT2D eigenvalue weighted by Crippen LogP contribution is 2.33. The summed E-state index contributed by atoms with van der Waals surface area (Å²) in [5.74, 6) is 0.543. The van der Waals surface area contributed by atoms with Crippen LogP contribution in [0, 0.1) is 5.92 Å². The Bertz CT molecular complexity index is 1130. The van der Waals surface area contributed by atoms with Crippen LogP contribution in [-0.2, 0) is 11.3 Å². The van der Waals surface area contributed by atoms with Gasteiger partial charge in [-0.05, 0) is 80.9 Å². The first-order valence-corrected chi connectivity index (χ1v) is 13.3. The van der Waals surface area contributed by atoms with Gasteiger partial charge in [-0.3, -0.25) is 14.4 Å². The molecule has 0 aromatic heterocycles. The number of nitrogens with one attached hydrogen (secondary N) is 1. The van der Waals surface area contributed by atoms with Crippen molar-refractivity contribution >= 4 is 23.4 Å². The summed E-state index contributed by atoms with van der Waals surface area (Å²) in [6.07, 6.45) is 5.03. The highest BCUT2D eigenvalue weighted by Gasteiger charge is 2.41. The molecule has 0 saturated carbocycles. The van der Waals surface area contributed by atoms with E-state index in [-0.39, 0.29) is 17.7 Å². The van der Waals surface area contributed by atoms with E-state index >= 15 is 0 Å². The number of anilines is 1. The van der Waals surface area contributed by atoms with E-state index in [1.807, 2.05) is 42.5 Å². The molecule has 2 aromatic rings. The molecule has 3 aliphatic rings. The molecule has 7 heteroatoms. The molecule has 1 N–H and O–H groups in total. The Labute approximate surface area is 213 Å². The molecule has 0 bridgehead atoms. The number of amides is 3. The number of likely N-dealkylation sites (tertiary alicyclic amines) is 1. The van der Waals surface area contributed by atoms with Crippen LogP contribution in [0.4, 0.5) is 5.69 Å².